The number of nitrogens with two attached hydrogens (primary N) is 1. The molecule has 0 aromatic carbocycles. The number of hydrogen-bond donors (Lipinski definition) is 3. The third kappa shape index (κ3) is 6.86. The second kappa shape index (κ2) is 10.8. The smallest absolute Gasteiger partial charge is 0.408 e. The monoisotopic (exact) mass is 534 g/mol. The van der Waals surface area contributed by atoms with Gasteiger partial charge in [0.25, 0.3) is 5.91 Å². The molecule has 38 heavy (non-hydrogen) atoms. The highest BCUT2D eigenvalue weighted by atomic mass is 16.6. The van der Waals surface area contributed by atoms with Gasteiger partial charge in [-0.2, -0.15) is 0 Å². The molecule has 1 saturated heterocycles. The number of carbonyl (C=O) groups excluding carboxylic acids is 5. The summed E-state index contributed by atoms with van der Waals surface area (Å²) < 4.78 is 5.41. The number of alkyl carbamates (subject to hydrolysis) is 1. The van der Waals surface area contributed by atoms with Crippen molar-refractivity contribution >= 4 is 29.6 Å². The molecule has 1 spiro atoms. The second-order valence-corrected chi connectivity index (χ2v) is 13.6. The summed E-state index contributed by atoms with van der Waals surface area (Å²) in [6.07, 6.45) is 4.94. The van der Waals surface area contributed by atoms with Gasteiger partial charge in [-0.15, -0.1) is 0 Å². The molecule has 4 N–H and O–H groups in total. The molecule has 10 heteroatoms. The molecule has 3 fully saturated rings. The zero-order chi connectivity index (χ0) is 28.6. The summed E-state index contributed by atoms with van der Waals surface area (Å²) in [5.74, 6) is -2.05. The van der Waals surface area contributed by atoms with Gasteiger partial charge in [-0.1, -0.05) is 53.4 Å². The fraction of sp³-hybridized carbons (Fsp3) is 0.821. The summed E-state index contributed by atoms with van der Waals surface area (Å²) >= 11 is 0. The average molecular weight is 535 g/mol. The number of Topliss-reactive ketones (excluding diaryl/α,β-unsaturated/α-hetero) is 1. The van der Waals surface area contributed by atoms with Gasteiger partial charge in [0.05, 0.1) is 6.04 Å². The molecule has 1 aliphatic heterocycles. The second-order valence-electron chi connectivity index (χ2n) is 13.6. The van der Waals surface area contributed by atoms with Gasteiger partial charge >= 0.3 is 6.09 Å². The third-order valence-corrected chi connectivity index (χ3v) is 8.34. The van der Waals surface area contributed by atoms with Crippen molar-refractivity contribution in [1.29, 1.82) is 0 Å². The highest BCUT2D eigenvalue weighted by Crippen LogP contribution is 2.61. The molecule has 2 saturated carbocycles. The standard InChI is InChI=1S/C28H46N4O6/c1-8-17-13-28(17)14-19(23(35)30-18(20(33)22(29)34)12-16-10-9-11-16)32(15-28)24(36)21(26(2,3)4)31-25(37)38-27(5,6)7/h16-19,21H,8-15H2,1-7H3,(H2,29,34)(H,30,35)(H,31,37)/t17-,18?,19-,21+,28?/m0/s1. The molecule has 3 rings (SSSR count). The van der Waals surface area contributed by atoms with Crippen molar-refractivity contribution in [2.75, 3.05) is 6.54 Å². The van der Waals surface area contributed by atoms with Gasteiger partial charge in [0.15, 0.2) is 0 Å². The van der Waals surface area contributed by atoms with Crippen molar-refractivity contribution in [1.82, 2.24) is 15.5 Å². The van der Waals surface area contributed by atoms with Crippen LogP contribution in [0.15, 0.2) is 0 Å². The lowest BCUT2D eigenvalue weighted by Gasteiger charge is -2.36. The maximum Gasteiger partial charge on any atom is 0.408 e. The van der Waals surface area contributed by atoms with E-state index in [0.29, 0.717) is 25.3 Å². The number of likely N-dealkylation sites (tertiary alicyclic amines) is 1. The highest BCUT2D eigenvalue weighted by molar-refractivity contribution is 6.37. The fourth-order valence-electron chi connectivity index (χ4n) is 5.90. The normalized spacial score (nSPS) is 26.8. The van der Waals surface area contributed by atoms with E-state index >= 15 is 0 Å². The van der Waals surface area contributed by atoms with Crippen molar-refractivity contribution < 1.29 is 28.7 Å². The lowest BCUT2D eigenvalue weighted by molar-refractivity contribution is -0.143. The van der Waals surface area contributed by atoms with E-state index < -0.39 is 52.8 Å². The van der Waals surface area contributed by atoms with Crippen LogP contribution in [-0.2, 0) is 23.9 Å². The number of primary amides is 1. The van der Waals surface area contributed by atoms with E-state index in [-0.39, 0.29) is 17.2 Å². The number of ether oxygens (including phenoxy) is 1. The first-order chi connectivity index (χ1) is 17.5. The molecule has 2 unspecified atom stereocenters. The molecule has 2 aliphatic carbocycles. The quantitative estimate of drug-likeness (QED) is 0.387. The Morgan fingerprint density at radius 3 is 2.11 bits per heavy atom. The Morgan fingerprint density at radius 2 is 1.66 bits per heavy atom. The number of nitrogens with zero attached hydrogens (tertiary/aromatic N) is 1. The van der Waals surface area contributed by atoms with E-state index in [0.717, 1.165) is 32.1 Å². The van der Waals surface area contributed by atoms with E-state index in [9.17, 15) is 24.0 Å². The number of rotatable bonds is 9. The van der Waals surface area contributed by atoms with Crippen LogP contribution in [0.2, 0.25) is 0 Å². The first kappa shape index (κ1) is 29.9. The Balaban J connectivity index is 1.84. The molecular weight excluding hydrogens is 488 g/mol. The minimum absolute atomic E-state index is 0.155. The lowest BCUT2D eigenvalue weighted by atomic mass is 9.80. The van der Waals surface area contributed by atoms with Gasteiger partial charge in [0, 0.05) is 6.54 Å². The van der Waals surface area contributed by atoms with Gasteiger partial charge in [-0.05, 0) is 62.7 Å². The molecule has 5 atom stereocenters. The molecule has 3 aliphatic rings. The molecule has 1 heterocycles. The summed E-state index contributed by atoms with van der Waals surface area (Å²) in [5, 5.41) is 5.52. The van der Waals surface area contributed by atoms with E-state index in [4.69, 9.17) is 10.5 Å². The zero-order valence-corrected chi connectivity index (χ0v) is 24.0. The van der Waals surface area contributed by atoms with Crippen LogP contribution in [0.5, 0.6) is 0 Å². The molecule has 0 aromatic heterocycles. The first-order valence-corrected chi connectivity index (χ1v) is 13.9. The zero-order valence-electron chi connectivity index (χ0n) is 24.0. The maximum absolute atomic E-state index is 14.0. The lowest BCUT2D eigenvalue weighted by Crippen LogP contribution is -2.59. The Bertz CT molecular complexity index is 963. The van der Waals surface area contributed by atoms with Gasteiger partial charge < -0.3 is 26.0 Å². The summed E-state index contributed by atoms with van der Waals surface area (Å²) in [4.78, 5) is 66.2. The van der Waals surface area contributed by atoms with Gasteiger partial charge in [-0.25, -0.2) is 4.79 Å². The maximum atomic E-state index is 14.0. The SMILES string of the molecule is CC[C@H]1CC12C[C@@H](C(=O)NC(CC1CCC1)C(=O)C(N)=O)N(C(=O)[C@@H](NC(=O)OC(C)(C)C)C(C)(C)C)C2. The first-order valence-electron chi connectivity index (χ1n) is 13.9. The molecule has 0 radical (unpaired) electrons. The fourth-order valence-corrected chi connectivity index (χ4v) is 5.90. The number of carbonyl (C=O) groups is 5. The van der Waals surface area contributed by atoms with E-state index in [1.54, 1.807) is 25.7 Å². The number of nitrogens with one attached hydrogen (secondary N) is 2. The van der Waals surface area contributed by atoms with Crippen molar-refractivity contribution in [3.63, 3.8) is 0 Å². The molecule has 0 aromatic rings. The minimum Gasteiger partial charge on any atom is -0.444 e. The van der Waals surface area contributed by atoms with Crippen LogP contribution in [0, 0.1) is 22.7 Å². The molecular formula is C28H46N4O6. The van der Waals surface area contributed by atoms with Crippen LogP contribution in [0.1, 0.15) is 93.4 Å². The van der Waals surface area contributed by atoms with Crippen LogP contribution in [0.25, 0.3) is 0 Å². The molecule has 10 nitrogen and oxygen atoms in total. The largest absolute Gasteiger partial charge is 0.444 e. The Hall–Kier alpha value is -2.65. The minimum atomic E-state index is -1.08. The Kier molecular flexibility index (Phi) is 8.53. The molecule has 0 bridgehead atoms. The topological polar surface area (TPSA) is 148 Å². The van der Waals surface area contributed by atoms with Crippen LogP contribution < -0.4 is 16.4 Å². The summed E-state index contributed by atoms with van der Waals surface area (Å²) in [5.41, 5.74) is 3.74. The number of hydrogen-bond acceptors (Lipinski definition) is 6. The average Bonchev–Trinajstić information content (AvgIpc) is 3.29. The van der Waals surface area contributed by atoms with Gasteiger partial charge in [-0.3, -0.25) is 19.2 Å². The van der Waals surface area contributed by atoms with Crippen LogP contribution in [0.4, 0.5) is 4.79 Å². The predicted octanol–water partition coefficient (Wildman–Crippen LogP) is 2.67. The van der Waals surface area contributed by atoms with Crippen LogP contribution >= 0.6 is 0 Å². The van der Waals surface area contributed by atoms with Crippen molar-refractivity contribution in [3.8, 4) is 0 Å². The number of ketones is 1. The van der Waals surface area contributed by atoms with Crippen LogP contribution in [0.3, 0.4) is 0 Å². The third-order valence-electron chi connectivity index (χ3n) is 8.34. The van der Waals surface area contributed by atoms with E-state index in [1.807, 2.05) is 20.8 Å². The van der Waals surface area contributed by atoms with Gasteiger partial charge in [0.2, 0.25) is 17.6 Å². The highest BCUT2D eigenvalue weighted by Gasteiger charge is 2.62. The number of amides is 4. The van der Waals surface area contributed by atoms with Crippen molar-refractivity contribution in [2.24, 2.45) is 28.4 Å². The Labute approximate surface area is 226 Å². The van der Waals surface area contributed by atoms with Crippen LogP contribution in [-0.4, -0.2) is 64.8 Å². The van der Waals surface area contributed by atoms with Gasteiger partial charge in [0.1, 0.15) is 17.7 Å². The Morgan fingerprint density at radius 1 is 1.03 bits per heavy atom. The van der Waals surface area contributed by atoms with Crippen molar-refractivity contribution in [2.45, 2.75) is 117 Å². The summed E-state index contributed by atoms with van der Waals surface area (Å²) in [7, 11) is 0. The van der Waals surface area contributed by atoms with E-state index in [2.05, 4.69) is 17.6 Å². The van der Waals surface area contributed by atoms with Crippen molar-refractivity contribution in [3.05, 3.63) is 0 Å². The predicted molar refractivity (Wildman–Crippen MR) is 142 cm³/mol. The van der Waals surface area contributed by atoms with E-state index in [1.165, 1.54) is 0 Å². The molecule has 214 valence electrons. The summed E-state index contributed by atoms with van der Waals surface area (Å²) in [6.45, 7) is 13.3. The molecule has 4 amide bonds. The summed E-state index contributed by atoms with van der Waals surface area (Å²) in [6, 6.07) is -2.74.